The van der Waals surface area contributed by atoms with Crippen molar-refractivity contribution in [3.05, 3.63) is 59.4 Å². The zero-order valence-electron chi connectivity index (χ0n) is 13.9. The largest absolute Gasteiger partial charge is 0.323 e. The molecule has 1 amide bonds. The molecule has 2 aromatic rings. The summed E-state index contributed by atoms with van der Waals surface area (Å²) in [6, 6.07) is 12.6. The lowest BCUT2D eigenvalue weighted by atomic mass is 9.97. The Morgan fingerprint density at radius 3 is 2.38 bits per heavy atom. The van der Waals surface area contributed by atoms with Crippen molar-refractivity contribution in [3.63, 3.8) is 0 Å². The van der Waals surface area contributed by atoms with Gasteiger partial charge in [0.1, 0.15) is 0 Å². The smallest absolute Gasteiger partial charge is 0.243 e. The fraction of sp³-hybridized carbons (Fsp3) is 0.278. The highest BCUT2D eigenvalue weighted by Gasteiger charge is 2.32. The van der Waals surface area contributed by atoms with Gasteiger partial charge in [-0.15, -0.1) is 0 Å². The number of benzene rings is 2. The van der Waals surface area contributed by atoms with E-state index >= 15 is 0 Å². The van der Waals surface area contributed by atoms with Gasteiger partial charge < -0.3 is 5.32 Å². The van der Waals surface area contributed by atoms with Gasteiger partial charge in [-0.05, 0) is 37.1 Å². The van der Waals surface area contributed by atoms with E-state index in [1.165, 1.54) is 16.4 Å². The van der Waals surface area contributed by atoms with Crippen LogP contribution in [-0.2, 0) is 14.8 Å². The molecular weight excluding hydrogens is 379 g/mol. The number of nitrogens with zero attached hydrogens (tertiary/aromatic N) is 1. The van der Waals surface area contributed by atoms with E-state index < -0.39 is 15.8 Å². The number of amides is 1. The third-order valence-corrected chi connectivity index (χ3v) is 6.62. The molecule has 0 bridgehead atoms. The van der Waals surface area contributed by atoms with Crippen LogP contribution in [0.15, 0.2) is 53.4 Å². The zero-order chi connectivity index (χ0) is 18.7. The highest BCUT2D eigenvalue weighted by atomic mass is 35.5. The highest BCUT2D eigenvalue weighted by Crippen LogP contribution is 2.26. The molecule has 0 aliphatic carbocycles. The molecule has 3 rings (SSSR count). The second kappa shape index (κ2) is 7.73. The first-order valence-corrected chi connectivity index (χ1v) is 10.0. The van der Waals surface area contributed by atoms with E-state index in [2.05, 4.69) is 5.32 Å². The third kappa shape index (κ3) is 3.90. The molecule has 0 unspecified atom stereocenters. The number of sulfonamides is 1. The Bertz CT molecular complexity index is 898. The van der Waals surface area contributed by atoms with E-state index in [1.54, 1.807) is 36.4 Å². The van der Waals surface area contributed by atoms with E-state index in [-0.39, 0.29) is 40.5 Å². The lowest BCUT2D eigenvalue weighted by Gasteiger charge is -2.30. The second-order valence-electron chi connectivity index (χ2n) is 6.08. The standard InChI is InChI=1S/C18H18ClFN2O3S/c19-15-7-4-8-16(17(15)20)21-18(23)13-9-11-22(12-10-13)26(24,25)14-5-2-1-3-6-14/h1-8,13H,9-12H2,(H,21,23). The minimum absolute atomic E-state index is 0.0295. The average Bonchev–Trinajstić information content (AvgIpc) is 2.66. The molecular formula is C18H18ClFN2O3S. The number of hydrogen-bond donors (Lipinski definition) is 1. The Kier molecular flexibility index (Phi) is 5.60. The number of rotatable bonds is 4. The van der Waals surface area contributed by atoms with E-state index in [0.29, 0.717) is 12.8 Å². The predicted octanol–water partition coefficient (Wildman–Crippen LogP) is 3.52. The van der Waals surface area contributed by atoms with Gasteiger partial charge in [0.25, 0.3) is 0 Å². The average molecular weight is 397 g/mol. The lowest BCUT2D eigenvalue weighted by molar-refractivity contribution is -0.120. The van der Waals surface area contributed by atoms with Crippen LogP contribution in [0.3, 0.4) is 0 Å². The van der Waals surface area contributed by atoms with Crippen molar-refractivity contribution >= 4 is 33.2 Å². The fourth-order valence-corrected chi connectivity index (χ4v) is 4.60. The van der Waals surface area contributed by atoms with Gasteiger partial charge in [-0.2, -0.15) is 4.31 Å². The second-order valence-corrected chi connectivity index (χ2v) is 8.43. The maximum atomic E-state index is 13.9. The van der Waals surface area contributed by atoms with Crippen LogP contribution in [0, 0.1) is 11.7 Å². The van der Waals surface area contributed by atoms with Crippen LogP contribution in [0.25, 0.3) is 0 Å². The molecule has 1 N–H and O–H groups in total. The van der Waals surface area contributed by atoms with Crippen molar-refractivity contribution < 1.29 is 17.6 Å². The molecule has 0 radical (unpaired) electrons. The number of halogens is 2. The zero-order valence-corrected chi connectivity index (χ0v) is 15.4. The summed E-state index contributed by atoms with van der Waals surface area (Å²) in [5, 5.41) is 2.48. The third-order valence-electron chi connectivity index (χ3n) is 4.42. The van der Waals surface area contributed by atoms with Crippen molar-refractivity contribution in [2.75, 3.05) is 18.4 Å². The van der Waals surface area contributed by atoms with Crippen LogP contribution in [0.4, 0.5) is 10.1 Å². The summed E-state index contributed by atoms with van der Waals surface area (Å²) in [5.74, 6) is -1.38. The Labute approximate surface area is 156 Å². The van der Waals surface area contributed by atoms with Crippen molar-refractivity contribution in [2.45, 2.75) is 17.7 Å². The van der Waals surface area contributed by atoms with E-state index in [4.69, 9.17) is 11.6 Å². The Morgan fingerprint density at radius 1 is 1.08 bits per heavy atom. The van der Waals surface area contributed by atoms with Crippen LogP contribution >= 0.6 is 11.6 Å². The molecule has 0 atom stereocenters. The van der Waals surface area contributed by atoms with Crippen LogP contribution in [0.1, 0.15) is 12.8 Å². The number of piperidine rings is 1. The van der Waals surface area contributed by atoms with Crippen molar-refractivity contribution in [3.8, 4) is 0 Å². The van der Waals surface area contributed by atoms with Crippen LogP contribution in [-0.4, -0.2) is 31.7 Å². The summed E-state index contributed by atoms with van der Waals surface area (Å²) in [6.07, 6.45) is 0.750. The summed E-state index contributed by atoms with van der Waals surface area (Å²) in [6.45, 7) is 0.487. The van der Waals surface area contributed by atoms with Crippen molar-refractivity contribution in [1.82, 2.24) is 4.31 Å². The molecule has 1 aliphatic rings. The summed E-state index contributed by atoms with van der Waals surface area (Å²) in [7, 11) is -3.56. The monoisotopic (exact) mass is 396 g/mol. The maximum Gasteiger partial charge on any atom is 0.243 e. The summed E-state index contributed by atoms with van der Waals surface area (Å²) in [5.41, 5.74) is 0.0295. The van der Waals surface area contributed by atoms with Crippen LogP contribution < -0.4 is 5.32 Å². The molecule has 0 saturated carbocycles. The Balaban J connectivity index is 1.63. The molecule has 0 spiro atoms. The number of hydrogen-bond acceptors (Lipinski definition) is 3. The molecule has 2 aromatic carbocycles. The molecule has 5 nitrogen and oxygen atoms in total. The molecule has 8 heteroatoms. The number of carbonyl (C=O) groups is 1. The molecule has 1 fully saturated rings. The van der Waals surface area contributed by atoms with Crippen molar-refractivity contribution in [2.24, 2.45) is 5.92 Å². The first-order chi connectivity index (χ1) is 12.4. The molecule has 138 valence electrons. The predicted molar refractivity (Wildman–Crippen MR) is 98.0 cm³/mol. The number of nitrogens with one attached hydrogen (secondary N) is 1. The SMILES string of the molecule is O=C(Nc1cccc(Cl)c1F)C1CCN(S(=O)(=O)c2ccccc2)CC1. The van der Waals surface area contributed by atoms with Gasteiger partial charge in [0.05, 0.1) is 15.6 Å². The van der Waals surface area contributed by atoms with Crippen LogP contribution in [0.2, 0.25) is 5.02 Å². The first kappa shape index (κ1) is 18.8. The highest BCUT2D eigenvalue weighted by molar-refractivity contribution is 7.89. The Hall–Kier alpha value is -1.96. The minimum atomic E-state index is -3.56. The van der Waals surface area contributed by atoms with Gasteiger partial charge in [-0.3, -0.25) is 4.79 Å². The van der Waals surface area contributed by atoms with Gasteiger partial charge in [-0.25, -0.2) is 12.8 Å². The first-order valence-electron chi connectivity index (χ1n) is 8.19. The van der Waals surface area contributed by atoms with Gasteiger partial charge in [-0.1, -0.05) is 35.9 Å². The van der Waals surface area contributed by atoms with Gasteiger partial charge >= 0.3 is 0 Å². The Morgan fingerprint density at radius 2 is 1.73 bits per heavy atom. The molecule has 1 heterocycles. The summed E-state index contributed by atoms with van der Waals surface area (Å²) < 4.78 is 40.5. The number of anilines is 1. The van der Waals surface area contributed by atoms with E-state index in [9.17, 15) is 17.6 Å². The molecule has 26 heavy (non-hydrogen) atoms. The topological polar surface area (TPSA) is 66.5 Å². The van der Waals surface area contributed by atoms with E-state index in [1.807, 2.05) is 0 Å². The molecule has 1 saturated heterocycles. The number of carbonyl (C=O) groups excluding carboxylic acids is 1. The molecule has 1 aliphatic heterocycles. The summed E-state index contributed by atoms with van der Waals surface area (Å²) in [4.78, 5) is 12.6. The normalized spacial score (nSPS) is 16.4. The quantitative estimate of drug-likeness (QED) is 0.859. The minimum Gasteiger partial charge on any atom is -0.323 e. The lowest BCUT2D eigenvalue weighted by Crippen LogP contribution is -2.41. The van der Waals surface area contributed by atoms with E-state index in [0.717, 1.165) is 0 Å². The fourth-order valence-electron chi connectivity index (χ4n) is 2.94. The van der Waals surface area contributed by atoms with Gasteiger partial charge in [0.15, 0.2) is 5.82 Å². The van der Waals surface area contributed by atoms with Crippen molar-refractivity contribution in [1.29, 1.82) is 0 Å². The molecule has 0 aromatic heterocycles. The summed E-state index contributed by atoms with van der Waals surface area (Å²) >= 11 is 5.71. The van der Waals surface area contributed by atoms with Gasteiger partial charge in [0.2, 0.25) is 15.9 Å². The van der Waals surface area contributed by atoms with Crippen LogP contribution in [0.5, 0.6) is 0 Å². The van der Waals surface area contributed by atoms with Gasteiger partial charge in [0, 0.05) is 19.0 Å². The maximum absolute atomic E-state index is 13.9.